The van der Waals surface area contributed by atoms with Crippen molar-refractivity contribution < 1.29 is 9.90 Å². The van der Waals surface area contributed by atoms with E-state index >= 15 is 0 Å². The Morgan fingerprint density at radius 1 is 1.43 bits per heavy atom. The molecule has 1 heterocycles. The van der Waals surface area contributed by atoms with Crippen molar-refractivity contribution in [2.24, 2.45) is 11.3 Å². The molecule has 0 radical (unpaired) electrons. The molecule has 2 aliphatic carbocycles. The van der Waals surface area contributed by atoms with Gasteiger partial charge in [-0.15, -0.1) is 11.3 Å². The molecule has 4 heteroatoms. The largest absolute Gasteiger partial charge is 0.508 e. The summed E-state index contributed by atoms with van der Waals surface area (Å²) < 4.78 is 0. The first kappa shape index (κ1) is 14.8. The molecule has 0 saturated heterocycles. The minimum Gasteiger partial charge on any atom is -0.508 e. The first-order chi connectivity index (χ1) is 10.9. The lowest BCUT2D eigenvalue weighted by Crippen LogP contribution is -2.23. The van der Waals surface area contributed by atoms with E-state index < -0.39 is 0 Å². The Kier molecular flexibility index (Phi) is 3.11. The van der Waals surface area contributed by atoms with Crippen molar-refractivity contribution in [3.8, 4) is 5.75 Å². The summed E-state index contributed by atoms with van der Waals surface area (Å²) in [6, 6.07) is 7.01. The van der Waals surface area contributed by atoms with Gasteiger partial charge in [0.2, 0.25) is 0 Å². The molecule has 1 saturated carbocycles. The molecule has 4 rings (SSSR count). The van der Waals surface area contributed by atoms with Gasteiger partial charge in [-0.3, -0.25) is 4.79 Å². The number of fused-ring (bicyclic) bond motifs is 3. The Hall–Kier alpha value is -1.81. The summed E-state index contributed by atoms with van der Waals surface area (Å²) in [7, 11) is 0. The van der Waals surface area contributed by atoms with Crippen molar-refractivity contribution in [1.82, 2.24) is 5.32 Å². The number of hydrogen-bond donors (Lipinski definition) is 2. The smallest absolute Gasteiger partial charge is 0.261 e. The highest BCUT2D eigenvalue weighted by atomic mass is 32.1. The van der Waals surface area contributed by atoms with Crippen LogP contribution in [-0.4, -0.2) is 11.0 Å². The van der Waals surface area contributed by atoms with Gasteiger partial charge in [-0.1, -0.05) is 26.0 Å². The van der Waals surface area contributed by atoms with Crippen LogP contribution in [0.1, 0.15) is 51.0 Å². The number of hydrogen-bond acceptors (Lipinski definition) is 3. The molecule has 0 unspecified atom stereocenters. The molecular formula is C19H21NO2S. The number of nitrogens with one attached hydrogen (secondary N) is 1. The lowest BCUT2D eigenvalue weighted by molar-refractivity contribution is 0.0954. The van der Waals surface area contributed by atoms with Crippen LogP contribution < -0.4 is 5.32 Å². The van der Waals surface area contributed by atoms with Crippen molar-refractivity contribution in [3.05, 3.63) is 50.7 Å². The first-order valence-electron chi connectivity index (χ1n) is 8.08. The Morgan fingerprint density at radius 2 is 2.22 bits per heavy atom. The fourth-order valence-electron chi connectivity index (χ4n) is 4.24. The molecule has 2 aromatic rings. The minimum atomic E-state index is 0.0156. The summed E-state index contributed by atoms with van der Waals surface area (Å²) in [5, 5.41) is 12.5. The zero-order valence-corrected chi connectivity index (χ0v) is 14.5. The van der Waals surface area contributed by atoms with Gasteiger partial charge >= 0.3 is 0 Å². The van der Waals surface area contributed by atoms with Gasteiger partial charge in [-0.05, 0) is 59.4 Å². The van der Waals surface area contributed by atoms with Gasteiger partial charge in [0.05, 0.1) is 4.88 Å². The second-order valence-electron chi connectivity index (χ2n) is 7.34. The maximum absolute atomic E-state index is 12.6. The fourth-order valence-corrected chi connectivity index (χ4v) is 5.39. The van der Waals surface area contributed by atoms with Crippen LogP contribution >= 0.6 is 11.3 Å². The maximum Gasteiger partial charge on any atom is 0.261 e. The van der Waals surface area contributed by atoms with Crippen LogP contribution in [0.15, 0.2) is 24.3 Å². The normalized spacial score (nSPS) is 23.3. The zero-order chi connectivity index (χ0) is 16.4. The van der Waals surface area contributed by atoms with Gasteiger partial charge in [0, 0.05) is 11.4 Å². The van der Waals surface area contributed by atoms with Crippen LogP contribution in [-0.2, 0) is 13.0 Å². The quantitative estimate of drug-likeness (QED) is 0.895. The second-order valence-corrected chi connectivity index (χ2v) is 8.57. The van der Waals surface area contributed by atoms with E-state index in [1.807, 2.05) is 6.07 Å². The lowest BCUT2D eigenvalue weighted by atomic mass is 9.95. The third-order valence-electron chi connectivity index (χ3n) is 5.59. The molecule has 3 nitrogen and oxygen atoms in total. The Morgan fingerprint density at radius 3 is 2.96 bits per heavy atom. The number of phenols is 1. The molecular weight excluding hydrogens is 306 g/mol. The standard InChI is InChI=1S/C19H21NO2S/c1-10-15-13(8-14-16(15)19(14,2)3)17(23-10)18(22)20-9-11-5-4-6-12(21)7-11/h4-7,14,16,21H,8-9H2,1-3H3,(H,20,22)/t14-,16-/m1/s1. The highest BCUT2D eigenvalue weighted by Crippen LogP contribution is 2.71. The molecule has 0 spiro atoms. The summed E-state index contributed by atoms with van der Waals surface area (Å²) >= 11 is 1.63. The minimum absolute atomic E-state index is 0.0156. The van der Waals surface area contributed by atoms with Crippen molar-refractivity contribution in [3.63, 3.8) is 0 Å². The Labute approximate surface area is 140 Å². The molecule has 1 amide bonds. The highest BCUT2D eigenvalue weighted by Gasteiger charge is 2.63. The fraction of sp³-hybridized carbons (Fsp3) is 0.421. The summed E-state index contributed by atoms with van der Waals surface area (Å²) in [5.74, 6) is 1.62. The number of aryl methyl sites for hydroxylation is 1. The number of rotatable bonds is 3. The number of phenolic OH excluding ortho intramolecular Hbond substituents is 1. The molecule has 23 heavy (non-hydrogen) atoms. The Balaban J connectivity index is 1.53. The summed E-state index contributed by atoms with van der Waals surface area (Å²) in [5.41, 5.74) is 4.06. The van der Waals surface area contributed by atoms with E-state index in [1.54, 1.807) is 29.5 Å². The SMILES string of the molecule is Cc1sc(C(=O)NCc2cccc(O)c2)c2c1[C@H]1[C@@H](C2)C1(C)C. The monoisotopic (exact) mass is 327 g/mol. The number of amides is 1. The maximum atomic E-state index is 12.6. The van der Waals surface area contributed by atoms with Crippen LogP contribution in [0.25, 0.3) is 0 Å². The number of aromatic hydroxyl groups is 1. The number of carbonyl (C=O) groups is 1. The van der Waals surface area contributed by atoms with E-state index in [1.165, 1.54) is 16.0 Å². The van der Waals surface area contributed by atoms with E-state index in [4.69, 9.17) is 0 Å². The van der Waals surface area contributed by atoms with Gasteiger partial charge < -0.3 is 10.4 Å². The highest BCUT2D eigenvalue weighted by molar-refractivity contribution is 7.14. The van der Waals surface area contributed by atoms with Crippen LogP contribution in [0.2, 0.25) is 0 Å². The number of thiophene rings is 1. The summed E-state index contributed by atoms with van der Waals surface area (Å²) in [6.07, 6.45) is 1.05. The molecule has 1 aromatic carbocycles. The second kappa shape index (κ2) is 4.84. The van der Waals surface area contributed by atoms with Gasteiger partial charge in [-0.25, -0.2) is 0 Å². The average molecular weight is 327 g/mol. The molecule has 1 fully saturated rings. The third kappa shape index (κ3) is 2.19. The topological polar surface area (TPSA) is 49.3 Å². The predicted octanol–water partition coefficient (Wildman–Crippen LogP) is 3.99. The molecule has 1 aromatic heterocycles. The summed E-state index contributed by atoms with van der Waals surface area (Å²) in [6.45, 7) is 7.26. The molecule has 120 valence electrons. The molecule has 0 aliphatic heterocycles. The lowest BCUT2D eigenvalue weighted by Gasteiger charge is -2.10. The molecule has 0 bridgehead atoms. The zero-order valence-electron chi connectivity index (χ0n) is 13.6. The molecule has 2 atom stereocenters. The average Bonchev–Trinajstić information content (AvgIpc) is 2.84. The van der Waals surface area contributed by atoms with Gasteiger partial charge in [0.25, 0.3) is 5.91 Å². The van der Waals surface area contributed by atoms with Crippen molar-refractivity contribution in [2.75, 3.05) is 0 Å². The van der Waals surface area contributed by atoms with E-state index in [9.17, 15) is 9.90 Å². The summed E-state index contributed by atoms with van der Waals surface area (Å²) in [4.78, 5) is 14.8. The predicted molar refractivity (Wildman–Crippen MR) is 92.0 cm³/mol. The molecule has 2 N–H and O–H groups in total. The van der Waals surface area contributed by atoms with Crippen molar-refractivity contribution >= 4 is 17.2 Å². The molecule has 2 aliphatic rings. The van der Waals surface area contributed by atoms with Crippen LogP contribution in [0.3, 0.4) is 0 Å². The van der Waals surface area contributed by atoms with Crippen LogP contribution in [0, 0.1) is 18.3 Å². The van der Waals surface area contributed by atoms with Gasteiger partial charge in [0.15, 0.2) is 0 Å². The van der Waals surface area contributed by atoms with Gasteiger partial charge in [-0.2, -0.15) is 0 Å². The van der Waals surface area contributed by atoms with Gasteiger partial charge in [0.1, 0.15) is 5.75 Å². The van der Waals surface area contributed by atoms with E-state index in [2.05, 4.69) is 26.1 Å². The van der Waals surface area contributed by atoms with Crippen molar-refractivity contribution in [1.29, 1.82) is 0 Å². The van der Waals surface area contributed by atoms with Crippen LogP contribution in [0.4, 0.5) is 0 Å². The van der Waals surface area contributed by atoms with Crippen LogP contribution in [0.5, 0.6) is 5.75 Å². The third-order valence-corrected chi connectivity index (χ3v) is 6.75. The van der Waals surface area contributed by atoms with E-state index in [0.29, 0.717) is 17.9 Å². The van der Waals surface area contributed by atoms with Crippen molar-refractivity contribution in [2.45, 2.75) is 39.7 Å². The number of benzene rings is 1. The van der Waals surface area contributed by atoms with E-state index in [0.717, 1.165) is 22.8 Å². The number of carbonyl (C=O) groups excluding carboxylic acids is 1. The Bertz CT molecular complexity index is 806. The first-order valence-corrected chi connectivity index (χ1v) is 8.89. The van der Waals surface area contributed by atoms with E-state index in [-0.39, 0.29) is 11.7 Å².